The number of benzene rings is 3. The van der Waals surface area contributed by atoms with E-state index in [-0.39, 0.29) is 18.4 Å². The van der Waals surface area contributed by atoms with E-state index in [1.807, 2.05) is 79.5 Å². The van der Waals surface area contributed by atoms with Crippen LogP contribution in [0.1, 0.15) is 22.8 Å². The van der Waals surface area contributed by atoms with Crippen LogP contribution in [0.3, 0.4) is 0 Å². The fourth-order valence-electron chi connectivity index (χ4n) is 3.30. The van der Waals surface area contributed by atoms with E-state index in [2.05, 4.69) is 5.32 Å². The maximum atomic E-state index is 12.9. The molecule has 3 rings (SSSR count). The second-order valence-electron chi connectivity index (χ2n) is 7.17. The van der Waals surface area contributed by atoms with Gasteiger partial charge in [-0.1, -0.05) is 48.5 Å². The van der Waals surface area contributed by atoms with Crippen molar-refractivity contribution in [2.24, 2.45) is 0 Å². The maximum absolute atomic E-state index is 12.9. The predicted molar refractivity (Wildman–Crippen MR) is 122 cm³/mol. The van der Waals surface area contributed by atoms with Gasteiger partial charge in [-0.25, -0.2) is 0 Å². The Balaban J connectivity index is 1.57. The van der Waals surface area contributed by atoms with Gasteiger partial charge in [0.05, 0.1) is 6.54 Å². The van der Waals surface area contributed by atoms with E-state index in [0.29, 0.717) is 24.3 Å². The number of hydrogen-bond acceptors (Lipinski definition) is 3. The van der Waals surface area contributed by atoms with Crippen molar-refractivity contribution in [1.29, 1.82) is 0 Å². The Hall–Kier alpha value is -3.44. The molecule has 1 N–H and O–H groups in total. The van der Waals surface area contributed by atoms with Crippen molar-refractivity contribution in [1.82, 2.24) is 4.90 Å². The van der Waals surface area contributed by atoms with Crippen LogP contribution in [-0.4, -0.2) is 36.9 Å². The monoisotopic (exact) mass is 401 g/mol. The molecule has 0 heterocycles. The lowest BCUT2D eigenvalue weighted by molar-refractivity contribution is -0.117. The molecule has 0 saturated heterocycles. The Morgan fingerprint density at radius 1 is 0.833 bits per heavy atom. The molecule has 0 fully saturated rings. The summed E-state index contributed by atoms with van der Waals surface area (Å²) >= 11 is 0. The third kappa shape index (κ3) is 5.78. The SMILES string of the molecule is CCN(C(=O)c1ccc(NC(=O)CN(C)Cc2ccccc2)cc1)c1ccccc1. The number of nitrogens with one attached hydrogen (secondary N) is 1. The number of nitrogens with zero attached hydrogens (tertiary/aromatic N) is 2. The van der Waals surface area contributed by atoms with Crippen molar-refractivity contribution < 1.29 is 9.59 Å². The number of para-hydroxylation sites is 1. The Morgan fingerprint density at radius 3 is 2.03 bits per heavy atom. The van der Waals surface area contributed by atoms with E-state index in [4.69, 9.17) is 0 Å². The van der Waals surface area contributed by atoms with Gasteiger partial charge in [-0.15, -0.1) is 0 Å². The summed E-state index contributed by atoms with van der Waals surface area (Å²) in [6, 6.07) is 26.7. The highest BCUT2D eigenvalue weighted by Crippen LogP contribution is 2.18. The normalized spacial score (nSPS) is 10.6. The molecule has 0 radical (unpaired) electrons. The van der Waals surface area contributed by atoms with Crippen molar-refractivity contribution in [2.45, 2.75) is 13.5 Å². The average Bonchev–Trinajstić information content (AvgIpc) is 2.76. The Bertz CT molecular complexity index is 957. The van der Waals surface area contributed by atoms with E-state index in [9.17, 15) is 9.59 Å². The van der Waals surface area contributed by atoms with Crippen LogP contribution in [0.2, 0.25) is 0 Å². The van der Waals surface area contributed by atoms with Crippen molar-refractivity contribution in [3.05, 3.63) is 96.1 Å². The molecule has 5 heteroatoms. The third-order valence-corrected chi connectivity index (χ3v) is 4.75. The first kappa shape index (κ1) is 21.3. The van der Waals surface area contributed by atoms with E-state index >= 15 is 0 Å². The average molecular weight is 402 g/mol. The van der Waals surface area contributed by atoms with Crippen LogP contribution < -0.4 is 10.2 Å². The van der Waals surface area contributed by atoms with Gasteiger partial charge in [0.25, 0.3) is 5.91 Å². The van der Waals surface area contributed by atoms with Gasteiger partial charge in [-0.3, -0.25) is 14.5 Å². The molecule has 0 aliphatic heterocycles. The summed E-state index contributed by atoms with van der Waals surface area (Å²) < 4.78 is 0. The quantitative estimate of drug-likeness (QED) is 0.608. The molecule has 0 atom stereocenters. The van der Waals surface area contributed by atoms with Crippen LogP contribution >= 0.6 is 0 Å². The number of hydrogen-bond donors (Lipinski definition) is 1. The van der Waals surface area contributed by atoms with Gasteiger partial charge in [0.15, 0.2) is 0 Å². The molecule has 0 unspecified atom stereocenters. The van der Waals surface area contributed by atoms with Gasteiger partial charge >= 0.3 is 0 Å². The van der Waals surface area contributed by atoms with Gasteiger partial charge in [0.1, 0.15) is 0 Å². The summed E-state index contributed by atoms with van der Waals surface area (Å²) in [5.74, 6) is -0.156. The van der Waals surface area contributed by atoms with Crippen molar-refractivity contribution >= 4 is 23.2 Å². The van der Waals surface area contributed by atoms with Gasteiger partial charge < -0.3 is 10.2 Å². The number of likely N-dealkylation sites (N-methyl/N-ethyl adjacent to an activating group) is 1. The molecule has 0 aliphatic rings. The van der Waals surface area contributed by atoms with Crippen LogP contribution in [0, 0.1) is 0 Å². The second-order valence-corrected chi connectivity index (χ2v) is 7.17. The zero-order chi connectivity index (χ0) is 21.3. The summed E-state index contributed by atoms with van der Waals surface area (Å²) in [5.41, 5.74) is 3.28. The number of carbonyl (C=O) groups is 2. The number of amides is 2. The van der Waals surface area contributed by atoms with Gasteiger partial charge in [0.2, 0.25) is 5.91 Å². The van der Waals surface area contributed by atoms with Gasteiger partial charge in [-0.05, 0) is 55.9 Å². The fourth-order valence-corrected chi connectivity index (χ4v) is 3.30. The largest absolute Gasteiger partial charge is 0.325 e. The van der Waals surface area contributed by atoms with Crippen LogP contribution in [0.25, 0.3) is 0 Å². The summed E-state index contributed by atoms with van der Waals surface area (Å²) in [6.45, 7) is 3.52. The molecule has 0 spiro atoms. The van der Waals surface area contributed by atoms with Crippen LogP contribution in [0.4, 0.5) is 11.4 Å². The highest BCUT2D eigenvalue weighted by Gasteiger charge is 2.16. The highest BCUT2D eigenvalue weighted by atomic mass is 16.2. The smallest absolute Gasteiger partial charge is 0.258 e. The molecule has 3 aromatic rings. The standard InChI is InChI=1S/C25H27N3O2/c1-3-28(23-12-8-5-9-13-23)25(30)21-14-16-22(17-15-21)26-24(29)19-27(2)18-20-10-6-4-7-11-20/h4-17H,3,18-19H2,1-2H3,(H,26,29). The molecule has 30 heavy (non-hydrogen) atoms. The van der Waals surface area contributed by atoms with Crippen molar-refractivity contribution in [3.63, 3.8) is 0 Å². The summed E-state index contributed by atoms with van der Waals surface area (Å²) in [7, 11) is 1.91. The topological polar surface area (TPSA) is 52.7 Å². The van der Waals surface area contributed by atoms with E-state index in [1.54, 1.807) is 29.2 Å². The lowest BCUT2D eigenvalue weighted by Crippen LogP contribution is -2.31. The highest BCUT2D eigenvalue weighted by molar-refractivity contribution is 6.06. The molecule has 154 valence electrons. The molecular weight excluding hydrogens is 374 g/mol. The zero-order valence-electron chi connectivity index (χ0n) is 17.4. The number of rotatable bonds is 8. The molecule has 0 aliphatic carbocycles. The second kappa shape index (κ2) is 10.4. The molecule has 5 nitrogen and oxygen atoms in total. The van der Waals surface area contributed by atoms with Crippen molar-refractivity contribution in [3.8, 4) is 0 Å². The zero-order valence-corrected chi connectivity index (χ0v) is 17.4. The van der Waals surface area contributed by atoms with E-state index < -0.39 is 0 Å². The summed E-state index contributed by atoms with van der Waals surface area (Å²) in [5, 5.41) is 2.89. The fraction of sp³-hybridized carbons (Fsp3) is 0.200. The number of carbonyl (C=O) groups excluding carboxylic acids is 2. The first-order chi connectivity index (χ1) is 14.6. The van der Waals surface area contributed by atoms with Crippen LogP contribution in [0.5, 0.6) is 0 Å². The lowest BCUT2D eigenvalue weighted by Gasteiger charge is -2.21. The summed E-state index contributed by atoms with van der Waals surface area (Å²) in [6.07, 6.45) is 0. The minimum Gasteiger partial charge on any atom is -0.325 e. The molecule has 3 aromatic carbocycles. The molecule has 0 aromatic heterocycles. The van der Waals surface area contributed by atoms with Gasteiger partial charge in [0, 0.05) is 30.0 Å². The summed E-state index contributed by atoms with van der Waals surface area (Å²) in [4.78, 5) is 28.9. The lowest BCUT2D eigenvalue weighted by atomic mass is 10.1. The van der Waals surface area contributed by atoms with Gasteiger partial charge in [-0.2, -0.15) is 0 Å². The van der Waals surface area contributed by atoms with E-state index in [1.165, 1.54) is 0 Å². The first-order valence-corrected chi connectivity index (χ1v) is 10.1. The first-order valence-electron chi connectivity index (χ1n) is 10.1. The molecule has 2 amide bonds. The Kier molecular flexibility index (Phi) is 7.35. The molecule has 0 bridgehead atoms. The predicted octanol–water partition coefficient (Wildman–Crippen LogP) is 4.42. The molecule has 0 saturated carbocycles. The minimum absolute atomic E-state index is 0.0656. The third-order valence-electron chi connectivity index (χ3n) is 4.75. The van der Waals surface area contributed by atoms with Crippen molar-refractivity contribution in [2.75, 3.05) is 30.4 Å². The van der Waals surface area contributed by atoms with E-state index in [0.717, 1.165) is 11.3 Å². The number of anilines is 2. The Morgan fingerprint density at radius 2 is 1.43 bits per heavy atom. The van der Waals surface area contributed by atoms with Crippen LogP contribution in [0.15, 0.2) is 84.9 Å². The molecular formula is C25H27N3O2. The maximum Gasteiger partial charge on any atom is 0.258 e. The minimum atomic E-state index is -0.0908. The van der Waals surface area contributed by atoms with Crippen LogP contribution in [-0.2, 0) is 11.3 Å². The Labute approximate surface area is 177 Å².